The van der Waals surface area contributed by atoms with E-state index in [9.17, 15) is 0 Å². The van der Waals surface area contributed by atoms with Gasteiger partial charge in [0, 0.05) is 18.9 Å². The van der Waals surface area contributed by atoms with Crippen molar-refractivity contribution in [1.82, 2.24) is 19.7 Å². The summed E-state index contributed by atoms with van der Waals surface area (Å²) < 4.78 is 2.06. The number of rotatable bonds is 4. The van der Waals surface area contributed by atoms with Crippen molar-refractivity contribution < 1.29 is 0 Å². The summed E-state index contributed by atoms with van der Waals surface area (Å²) >= 11 is 0. The van der Waals surface area contributed by atoms with Crippen molar-refractivity contribution in [3.05, 3.63) is 30.5 Å². The highest BCUT2D eigenvalue weighted by molar-refractivity contribution is 5.36. The molecule has 0 bridgehead atoms. The summed E-state index contributed by atoms with van der Waals surface area (Å²) in [5, 5.41) is 3.40. The highest BCUT2D eigenvalue weighted by Gasteiger charge is 2.02. The summed E-state index contributed by atoms with van der Waals surface area (Å²) in [5.41, 5.74) is 2.08. The predicted octanol–water partition coefficient (Wildman–Crippen LogP) is 1.47. The fourth-order valence-corrected chi connectivity index (χ4v) is 1.51. The SMILES string of the molecule is CC(C)CNCc1cnc2cnccn12. The number of fused-ring (bicyclic) bond motifs is 1. The first-order valence-electron chi connectivity index (χ1n) is 5.24. The molecule has 80 valence electrons. The van der Waals surface area contributed by atoms with E-state index >= 15 is 0 Å². The van der Waals surface area contributed by atoms with Crippen LogP contribution in [-0.4, -0.2) is 20.9 Å². The molecule has 2 aromatic heterocycles. The van der Waals surface area contributed by atoms with Crippen LogP contribution in [0.3, 0.4) is 0 Å². The third-order valence-electron chi connectivity index (χ3n) is 2.25. The van der Waals surface area contributed by atoms with Crippen LogP contribution in [0, 0.1) is 5.92 Å². The van der Waals surface area contributed by atoms with Gasteiger partial charge in [0.25, 0.3) is 0 Å². The van der Waals surface area contributed by atoms with Gasteiger partial charge in [0.2, 0.25) is 0 Å². The molecule has 0 saturated carbocycles. The average molecular weight is 204 g/mol. The Kier molecular flexibility index (Phi) is 2.97. The molecular weight excluding hydrogens is 188 g/mol. The maximum absolute atomic E-state index is 4.28. The zero-order valence-corrected chi connectivity index (χ0v) is 9.14. The number of hydrogen-bond acceptors (Lipinski definition) is 3. The molecule has 0 saturated heterocycles. The van der Waals surface area contributed by atoms with Crippen molar-refractivity contribution in [3.63, 3.8) is 0 Å². The van der Waals surface area contributed by atoms with Gasteiger partial charge in [-0.05, 0) is 12.5 Å². The Hall–Kier alpha value is -1.42. The van der Waals surface area contributed by atoms with Crippen LogP contribution in [0.1, 0.15) is 19.5 Å². The maximum atomic E-state index is 4.28. The Balaban J connectivity index is 2.08. The third kappa shape index (κ3) is 2.33. The molecule has 0 radical (unpaired) electrons. The third-order valence-corrected chi connectivity index (χ3v) is 2.25. The molecule has 0 unspecified atom stereocenters. The minimum absolute atomic E-state index is 0.672. The summed E-state index contributed by atoms with van der Waals surface area (Å²) in [4.78, 5) is 8.31. The molecule has 0 amide bonds. The lowest BCUT2D eigenvalue weighted by atomic mass is 10.2. The van der Waals surface area contributed by atoms with E-state index in [0.717, 1.165) is 18.7 Å². The van der Waals surface area contributed by atoms with Gasteiger partial charge in [-0.25, -0.2) is 4.98 Å². The van der Waals surface area contributed by atoms with Crippen LogP contribution in [0.4, 0.5) is 0 Å². The number of hydrogen-bond donors (Lipinski definition) is 1. The summed E-state index contributed by atoms with van der Waals surface area (Å²) in [6.07, 6.45) is 7.38. The first-order chi connectivity index (χ1) is 7.27. The highest BCUT2D eigenvalue weighted by atomic mass is 15.0. The van der Waals surface area contributed by atoms with Crippen molar-refractivity contribution in [1.29, 1.82) is 0 Å². The molecule has 2 aromatic rings. The Morgan fingerprint density at radius 1 is 1.40 bits per heavy atom. The van der Waals surface area contributed by atoms with E-state index in [-0.39, 0.29) is 0 Å². The minimum Gasteiger partial charge on any atom is -0.311 e. The van der Waals surface area contributed by atoms with Gasteiger partial charge >= 0.3 is 0 Å². The molecule has 0 aliphatic rings. The number of nitrogens with one attached hydrogen (secondary N) is 1. The normalized spacial score (nSPS) is 11.4. The smallest absolute Gasteiger partial charge is 0.155 e. The molecule has 0 atom stereocenters. The Morgan fingerprint density at radius 3 is 3.07 bits per heavy atom. The standard InChI is InChI=1S/C11H16N4/c1-9(2)5-13-6-10-7-14-11-8-12-3-4-15(10)11/h3-4,7-9,13H,5-6H2,1-2H3. The quantitative estimate of drug-likeness (QED) is 0.820. The van der Waals surface area contributed by atoms with Crippen LogP contribution in [0.15, 0.2) is 24.8 Å². The van der Waals surface area contributed by atoms with Crippen molar-refractivity contribution in [2.75, 3.05) is 6.54 Å². The maximum Gasteiger partial charge on any atom is 0.155 e. The lowest BCUT2D eigenvalue weighted by Crippen LogP contribution is -2.19. The van der Waals surface area contributed by atoms with Gasteiger partial charge in [-0.3, -0.25) is 9.38 Å². The molecule has 2 heterocycles. The van der Waals surface area contributed by atoms with Crippen molar-refractivity contribution >= 4 is 5.65 Å². The van der Waals surface area contributed by atoms with Crippen molar-refractivity contribution in [3.8, 4) is 0 Å². The Bertz CT molecular complexity index is 433. The average Bonchev–Trinajstić information content (AvgIpc) is 2.62. The molecule has 0 aliphatic heterocycles. The lowest BCUT2D eigenvalue weighted by Gasteiger charge is -2.06. The van der Waals surface area contributed by atoms with Crippen molar-refractivity contribution in [2.24, 2.45) is 5.92 Å². The molecule has 0 aliphatic carbocycles. The lowest BCUT2D eigenvalue weighted by molar-refractivity contribution is 0.547. The molecule has 4 nitrogen and oxygen atoms in total. The summed E-state index contributed by atoms with van der Waals surface area (Å²) in [6.45, 7) is 6.28. The van der Waals surface area contributed by atoms with Gasteiger partial charge in [-0.1, -0.05) is 13.8 Å². The van der Waals surface area contributed by atoms with Crippen molar-refractivity contribution in [2.45, 2.75) is 20.4 Å². The van der Waals surface area contributed by atoms with Crippen LogP contribution in [-0.2, 0) is 6.54 Å². The second-order valence-electron chi connectivity index (χ2n) is 4.08. The summed E-state index contributed by atoms with van der Waals surface area (Å²) in [5.74, 6) is 0.672. The molecule has 1 N–H and O–H groups in total. The molecular formula is C11H16N4. The molecule has 2 rings (SSSR count). The van der Waals surface area contributed by atoms with Crippen LogP contribution in [0.25, 0.3) is 5.65 Å². The van der Waals surface area contributed by atoms with E-state index in [2.05, 4.69) is 33.5 Å². The van der Waals surface area contributed by atoms with Crippen LogP contribution in [0.2, 0.25) is 0 Å². The molecule has 0 spiro atoms. The molecule has 0 fully saturated rings. The van der Waals surface area contributed by atoms with Crippen LogP contribution in [0.5, 0.6) is 0 Å². The minimum atomic E-state index is 0.672. The van der Waals surface area contributed by atoms with E-state index in [1.54, 1.807) is 12.4 Å². The Labute approximate surface area is 89.4 Å². The van der Waals surface area contributed by atoms with Crippen LogP contribution < -0.4 is 5.32 Å². The van der Waals surface area contributed by atoms with Gasteiger partial charge in [0.05, 0.1) is 18.1 Å². The fraction of sp³-hybridized carbons (Fsp3) is 0.455. The zero-order valence-electron chi connectivity index (χ0n) is 9.14. The number of nitrogens with zero attached hydrogens (tertiary/aromatic N) is 3. The van der Waals surface area contributed by atoms with Gasteiger partial charge in [-0.2, -0.15) is 0 Å². The second-order valence-corrected chi connectivity index (χ2v) is 4.08. The van der Waals surface area contributed by atoms with E-state index in [4.69, 9.17) is 0 Å². The van der Waals surface area contributed by atoms with Gasteiger partial charge in [-0.15, -0.1) is 0 Å². The fourth-order valence-electron chi connectivity index (χ4n) is 1.51. The summed E-state index contributed by atoms with van der Waals surface area (Å²) in [6, 6.07) is 0. The summed E-state index contributed by atoms with van der Waals surface area (Å²) in [7, 11) is 0. The topological polar surface area (TPSA) is 42.2 Å². The van der Waals surface area contributed by atoms with E-state index in [0.29, 0.717) is 5.92 Å². The first-order valence-corrected chi connectivity index (χ1v) is 5.24. The highest BCUT2D eigenvalue weighted by Crippen LogP contribution is 2.04. The molecule has 0 aromatic carbocycles. The first kappa shape index (κ1) is 10.1. The van der Waals surface area contributed by atoms with Gasteiger partial charge < -0.3 is 5.32 Å². The van der Waals surface area contributed by atoms with E-state index in [1.807, 2.05) is 12.4 Å². The molecule has 15 heavy (non-hydrogen) atoms. The van der Waals surface area contributed by atoms with E-state index < -0.39 is 0 Å². The number of aromatic nitrogens is 3. The van der Waals surface area contributed by atoms with Gasteiger partial charge in [0.15, 0.2) is 5.65 Å². The monoisotopic (exact) mass is 204 g/mol. The number of imidazole rings is 1. The van der Waals surface area contributed by atoms with Crippen LogP contribution >= 0.6 is 0 Å². The van der Waals surface area contributed by atoms with Gasteiger partial charge in [0.1, 0.15) is 0 Å². The predicted molar refractivity (Wildman–Crippen MR) is 59.5 cm³/mol. The Morgan fingerprint density at radius 2 is 2.27 bits per heavy atom. The molecule has 4 heteroatoms. The van der Waals surface area contributed by atoms with E-state index in [1.165, 1.54) is 5.69 Å². The largest absolute Gasteiger partial charge is 0.311 e. The second kappa shape index (κ2) is 4.40. The zero-order chi connectivity index (χ0) is 10.7.